The van der Waals surface area contributed by atoms with Gasteiger partial charge in [-0.25, -0.2) is 0 Å². The first-order valence-electron chi connectivity index (χ1n) is 6.94. The van der Waals surface area contributed by atoms with Crippen LogP contribution in [0.1, 0.15) is 49.1 Å². The third-order valence-electron chi connectivity index (χ3n) is 4.71. The van der Waals surface area contributed by atoms with Crippen molar-refractivity contribution in [3.8, 4) is 0 Å². The van der Waals surface area contributed by atoms with Gasteiger partial charge in [0.1, 0.15) is 0 Å². The molecule has 1 aliphatic carbocycles. The van der Waals surface area contributed by atoms with Gasteiger partial charge in [-0.3, -0.25) is 0 Å². The monoisotopic (exact) mass is 266 g/mol. The Bertz CT molecular complexity index is 399. The van der Waals surface area contributed by atoms with Crippen molar-refractivity contribution < 1.29 is 0 Å². The second-order valence-corrected chi connectivity index (χ2v) is 7.23. The molecule has 0 aliphatic heterocycles. The van der Waals surface area contributed by atoms with Gasteiger partial charge in [-0.2, -0.15) is 0 Å². The van der Waals surface area contributed by atoms with Crippen molar-refractivity contribution >= 4 is 11.3 Å². The van der Waals surface area contributed by atoms with Crippen LogP contribution in [-0.4, -0.2) is 24.5 Å². The molecule has 0 amide bonds. The summed E-state index contributed by atoms with van der Waals surface area (Å²) in [6.07, 6.45) is 5.10. The molecule has 1 aromatic rings. The zero-order valence-electron chi connectivity index (χ0n) is 12.1. The van der Waals surface area contributed by atoms with Crippen molar-refractivity contribution in [1.82, 2.24) is 4.90 Å². The lowest BCUT2D eigenvalue weighted by Crippen LogP contribution is -2.54. The van der Waals surface area contributed by atoms with E-state index < -0.39 is 0 Å². The summed E-state index contributed by atoms with van der Waals surface area (Å²) < 4.78 is 0. The van der Waals surface area contributed by atoms with E-state index in [0.29, 0.717) is 0 Å². The number of aryl methyl sites for hydroxylation is 1. The van der Waals surface area contributed by atoms with Crippen LogP contribution in [-0.2, 0) is 0 Å². The topological polar surface area (TPSA) is 29.3 Å². The van der Waals surface area contributed by atoms with E-state index in [9.17, 15) is 0 Å². The van der Waals surface area contributed by atoms with Gasteiger partial charge < -0.3 is 10.6 Å². The predicted molar refractivity (Wildman–Crippen MR) is 80.0 cm³/mol. The first-order valence-corrected chi connectivity index (χ1v) is 7.82. The van der Waals surface area contributed by atoms with Crippen LogP contribution < -0.4 is 5.73 Å². The average molecular weight is 266 g/mol. The molecule has 2 N–H and O–H groups in total. The quantitative estimate of drug-likeness (QED) is 0.906. The van der Waals surface area contributed by atoms with Crippen LogP contribution in [0.2, 0.25) is 0 Å². The van der Waals surface area contributed by atoms with Gasteiger partial charge in [0.25, 0.3) is 0 Å². The third-order valence-corrected chi connectivity index (χ3v) is 5.57. The molecule has 3 unspecified atom stereocenters. The van der Waals surface area contributed by atoms with E-state index in [0.717, 1.165) is 5.92 Å². The summed E-state index contributed by atoms with van der Waals surface area (Å²) in [5.41, 5.74) is 8.17. The molecule has 0 radical (unpaired) electrons. The summed E-state index contributed by atoms with van der Waals surface area (Å²) in [4.78, 5) is 3.76. The number of hydrogen-bond donors (Lipinski definition) is 1. The number of hydrogen-bond acceptors (Lipinski definition) is 3. The first-order chi connectivity index (χ1) is 8.47. The standard InChI is InChI=1S/C15H26N2S/c1-11-6-5-8-15(10-11,17(3)4)14(16)13-7-9-18-12(13)2/h7,9,11,14H,5-6,8,10,16H2,1-4H3. The number of nitrogens with zero attached hydrogens (tertiary/aromatic N) is 1. The summed E-state index contributed by atoms with van der Waals surface area (Å²) >= 11 is 1.81. The van der Waals surface area contributed by atoms with Gasteiger partial charge in [-0.1, -0.05) is 19.8 Å². The Morgan fingerprint density at radius 1 is 1.50 bits per heavy atom. The molecule has 1 aromatic heterocycles. The fourth-order valence-corrected chi connectivity index (χ4v) is 4.29. The Hall–Kier alpha value is -0.380. The number of likely N-dealkylation sites (N-methyl/N-ethyl adjacent to an activating group) is 1. The maximum absolute atomic E-state index is 6.68. The molecule has 1 saturated carbocycles. The number of nitrogens with two attached hydrogens (primary N) is 1. The van der Waals surface area contributed by atoms with Crippen molar-refractivity contribution in [3.63, 3.8) is 0 Å². The zero-order chi connectivity index (χ0) is 13.3. The minimum Gasteiger partial charge on any atom is -0.322 e. The molecule has 3 heteroatoms. The van der Waals surface area contributed by atoms with Crippen LogP contribution in [0.3, 0.4) is 0 Å². The van der Waals surface area contributed by atoms with Gasteiger partial charge in [0, 0.05) is 16.5 Å². The molecule has 1 heterocycles. The average Bonchev–Trinajstić information content (AvgIpc) is 2.74. The minimum absolute atomic E-state index is 0.140. The summed E-state index contributed by atoms with van der Waals surface area (Å²) in [5, 5.41) is 2.17. The Labute approximate surface area is 115 Å². The normalized spacial score (nSPS) is 30.7. The Kier molecular flexibility index (Phi) is 4.15. The maximum atomic E-state index is 6.68. The lowest BCUT2D eigenvalue weighted by molar-refractivity contribution is 0.0499. The van der Waals surface area contributed by atoms with Crippen molar-refractivity contribution in [1.29, 1.82) is 0 Å². The molecule has 0 spiro atoms. The van der Waals surface area contributed by atoms with Gasteiger partial charge in [-0.05, 0) is 56.8 Å². The molecule has 18 heavy (non-hydrogen) atoms. The SMILES string of the molecule is Cc1sccc1C(N)C1(N(C)C)CCCC(C)C1. The highest BCUT2D eigenvalue weighted by Gasteiger charge is 2.43. The lowest BCUT2D eigenvalue weighted by atomic mass is 9.70. The van der Waals surface area contributed by atoms with Crippen molar-refractivity contribution in [2.24, 2.45) is 11.7 Å². The van der Waals surface area contributed by atoms with E-state index in [1.807, 2.05) is 11.3 Å². The number of thiophene rings is 1. The van der Waals surface area contributed by atoms with E-state index >= 15 is 0 Å². The fourth-order valence-electron chi connectivity index (χ4n) is 3.54. The highest BCUT2D eigenvalue weighted by atomic mass is 32.1. The lowest BCUT2D eigenvalue weighted by Gasteiger charge is -2.49. The molecular weight excluding hydrogens is 240 g/mol. The second kappa shape index (κ2) is 5.32. The molecule has 2 nitrogen and oxygen atoms in total. The van der Waals surface area contributed by atoms with Crippen molar-refractivity contribution in [2.75, 3.05) is 14.1 Å². The van der Waals surface area contributed by atoms with Gasteiger partial charge in [0.2, 0.25) is 0 Å². The minimum atomic E-state index is 0.140. The first kappa shape index (κ1) is 14.0. The molecule has 1 fully saturated rings. The molecule has 2 rings (SSSR count). The highest BCUT2D eigenvalue weighted by molar-refractivity contribution is 7.10. The van der Waals surface area contributed by atoms with Crippen molar-refractivity contribution in [2.45, 2.75) is 51.1 Å². The smallest absolute Gasteiger partial charge is 0.0492 e. The van der Waals surface area contributed by atoms with Crippen LogP contribution >= 0.6 is 11.3 Å². The van der Waals surface area contributed by atoms with Gasteiger partial charge in [0.05, 0.1) is 0 Å². The molecule has 3 atom stereocenters. The molecule has 0 aromatic carbocycles. The van der Waals surface area contributed by atoms with Crippen LogP contribution in [0.5, 0.6) is 0 Å². The van der Waals surface area contributed by atoms with E-state index in [1.165, 1.54) is 36.1 Å². The fraction of sp³-hybridized carbons (Fsp3) is 0.733. The van der Waals surface area contributed by atoms with Gasteiger partial charge >= 0.3 is 0 Å². The van der Waals surface area contributed by atoms with Gasteiger partial charge in [-0.15, -0.1) is 11.3 Å². The Morgan fingerprint density at radius 2 is 2.22 bits per heavy atom. The largest absolute Gasteiger partial charge is 0.322 e. The Balaban J connectivity index is 2.33. The van der Waals surface area contributed by atoms with Crippen molar-refractivity contribution in [3.05, 3.63) is 21.9 Å². The second-order valence-electron chi connectivity index (χ2n) is 6.11. The van der Waals surface area contributed by atoms with E-state index in [-0.39, 0.29) is 11.6 Å². The summed E-state index contributed by atoms with van der Waals surface area (Å²) in [6, 6.07) is 2.36. The van der Waals surface area contributed by atoms with E-state index in [1.54, 1.807) is 0 Å². The summed E-state index contributed by atoms with van der Waals surface area (Å²) in [5.74, 6) is 0.783. The summed E-state index contributed by atoms with van der Waals surface area (Å²) in [6.45, 7) is 4.56. The number of rotatable bonds is 3. The molecule has 102 valence electrons. The predicted octanol–water partition coefficient (Wildman–Crippen LogP) is 3.57. The van der Waals surface area contributed by atoms with Crippen LogP contribution in [0, 0.1) is 12.8 Å². The molecular formula is C15H26N2S. The highest BCUT2D eigenvalue weighted by Crippen LogP contribution is 2.44. The molecule has 0 bridgehead atoms. The Morgan fingerprint density at radius 3 is 2.72 bits per heavy atom. The third kappa shape index (κ3) is 2.36. The van der Waals surface area contributed by atoms with Crippen LogP contribution in [0.15, 0.2) is 11.4 Å². The summed E-state index contributed by atoms with van der Waals surface area (Å²) in [7, 11) is 4.39. The van der Waals surface area contributed by atoms with Crippen LogP contribution in [0.25, 0.3) is 0 Å². The zero-order valence-corrected chi connectivity index (χ0v) is 12.9. The van der Waals surface area contributed by atoms with E-state index in [2.05, 4.69) is 44.3 Å². The van der Waals surface area contributed by atoms with Crippen LogP contribution in [0.4, 0.5) is 0 Å². The molecule has 1 aliphatic rings. The van der Waals surface area contributed by atoms with E-state index in [4.69, 9.17) is 5.73 Å². The molecule has 0 saturated heterocycles. The maximum Gasteiger partial charge on any atom is 0.0492 e. The van der Waals surface area contributed by atoms with Gasteiger partial charge in [0.15, 0.2) is 0 Å².